The summed E-state index contributed by atoms with van der Waals surface area (Å²) >= 11 is 9.37. The lowest BCUT2D eigenvalue weighted by molar-refractivity contribution is 0.0850. The summed E-state index contributed by atoms with van der Waals surface area (Å²) in [5, 5.41) is 3.52. The van der Waals surface area contributed by atoms with E-state index in [4.69, 9.17) is 11.6 Å². The van der Waals surface area contributed by atoms with Crippen molar-refractivity contribution in [3.63, 3.8) is 0 Å². The van der Waals surface area contributed by atoms with Crippen LogP contribution in [0.25, 0.3) is 0 Å². The minimum atomic E-state index is -0.0975. The van der Waals surface area contributed by atoms with Crippen molar-refractivity contribution in [1.82, 2.24) is 5.32 Å². The molecule has 0 aromatic heterocycles. The van der Waals surface area contributed by atoms with Gasteiger partial charge in [-0.1, -0.05) is 17.7 Å². The van der Waals surface area contributed by atoms with Crippen molar-refractivity contribution in [2.24, 2.45) is 0 Å². The van der Waals surface area contributed by atoms with Gasteiger partial charge in [-0.2, -0.15) is 0 Å². The number of amides is 1. The van der Waals surface area contributed by atoms with E-state index < -0.39 is 0 Å². The van der Waals surface area contributed by atoms with Crippen LogP contribution in [0.5, 0.6) is 0 Å². The number of hydrogen-bond donors (Lipinski definition) is 1. The van der Waals surface area contributed by atoms with Crippen molar-refractivity contribution in [2.45, 2.75) is 31.7 Å². The second-order valence-corrected chi connectivity index (χ2v) is 5.73. The highest BCUT2D eigenvalue weighted by Gasteiger charge is 2.34. The molecule has 1 aliphatic carbocycles. The molecule has 16 heavy (non-hydrogen) atoms. The number of benzene rings is 1. The molecular weight excluding hydrogens is 289 g/mol. The van der Waals surface area contributed by atoms with Gasteiger partial charge in [-0.15, -0.1) is 0 Å². The third-order valence-electron chi connectivity index (χ3n) is 3.06. The number of carbonyl (C=O) groups is 1. The first-order chi connectivity index (χ1) is 7.52. The maximum absolute atomic E-state index is 12.1. The van der Waals surface area contributed by atoms with E-state index in [-0.39, 0.29) is 11.4 Å². The van der Waals surface area contributed by atoms with Crippen LogP contribution in [-0.2, 0) is 0 Å². The predicted molar refractivity (Wildman–Crippen MR) is 68.9 cm³/mol. The zero-order chi connectivity index (χ0) is 11.8. The van der Waals surface area contributed by atoms with E-state index in [2.05, 4.69) is 28.2 Å². The normalized spacial score (nSPS) is 17.7. The van der Waals surface area contributed by atoms with E-state index in [1.165, 1.54) is 6.42 Å². The molecule has 0 spiro atoms. The Kier molecular flexibility index (Phi) is 3.27. The molecule has 1 aromatic carbocycles. The highest BCUT2D eigenvalue weighted by molar-refractivity contribution is 9.10. The molecule has 1 saturated carbocycles. The lowest BCUT2D eigenvalue weighted by Crippen LogP contribution is -2.51. The number of nitrogens with one attached hydrogen (secondary N) is 1. The third-order valence-corrected chi connectivity index (χ3v) is 4.04. The van der Waals surface area contributed by atoms with E-state index in [0.29, 0.717) is 10.6 Å². The predicted octanol–water partition coefficient (Wildman–Crippen LogP) is 3.77. The summed E-state index contributed by atoms with van der Waals surface area (Å²) in [7, 11) is 0. The Morgan fingerprint density at radius 2 is 2.19 bits per heavy atom. The third kappa shape index (κ3) is 2.25. The molecule has 2 nitrogen and oxygen atoms in total. The van der Waals surface area contributed by atoms with Crippen molar-refractivity contribution in [1.29, 1.82) is 0 Å². The summed E-state index contributed by atoms with van der Waals surface area (Å²) in [6.07, 6.45) is 3.27. The summed E-state index contributed by atoms with van der Waals surface area (Å²) in [6.45, 7) is 2.07. The summed E-state index contributed by atoms with van der Waals surface area (Å²) < 4.78 is 0.737. The Bertz CT molecular complexity index is 409. The molecule has 1 aromatic rings. The highest BCUT2D eigenvalue weighted by Crippen LogP contribution is 2.32. The summed E-state index contributed by atoms with van der Waals surface area (Å²) in [6, 6.07) is 5.36. The van der Waals surface area contributed by atoms with Crippen LogP contribution in [0.3, 0.4) is 0 Å². The van der Waals surface area contributed by atoms with Crippen molar-refractivity contribution in [2.75, 3.05) is 0 Å². The topological polar surface area (TPSA) is 29.1 Å². The van der Waals surface area contributed by atoms with E-state index in [1.807, 2.05) is 12.1 Å². The quantitative estimate of drug-likeness (QED) is 0.885. The molecule has 1 N–H and O–H groups in total. The molecule has 0 bridgehead atoms. The van der Waals surface area contributed by atoms with E-state index >= 15 is 0 Å². The van der Waals surface area contributed by atoms with Gasteiger partial charge in [-0.05, 0) is 54.2 Å². The van der Waals surface area contributed by atoms with Crippen molar-refractivity contribution < 1.29 is 4.79 Å². The van der Waals surface area contributed by atoms with Gasteiger partial charge in [0.05, 0.1) is 10.6 Å². The first kappa shape index (κ1) is 11.9. The van der Waals surface area contributed by atoms with Crippen LogP contribution in [0.1, 0.15) is 36.5 Å². The van der Waals surface area contributed by atoms with Gasteiger partial charge < -0.3 is 5.32 Å². The van der Waals surface area contributed by atoms with Gasteiger partial charge in [0, 0.05) is 10.0 Å². The van der Waals surface area contributed by atoms with Crippen LogP contribution < -0.4 is 5.32 Å². The van der Waals surface area contributed by atoms with E-state index in [9.17, 15) is 4.79 Å². The molecule has 0 saturated heterocycles. The van der Waals surface area contributed by atoms with E-state index in [1.54, 1.807) is 6.07 Å². The fraction of sp³-hybridized carbons (Fsp3) is 0.417. The summed E-state index contributed by atoms with van der Waals surface area (Å²) in [5.41, 5.74) is 0.479. The van der Waals surface area contributed by atoms with Crippen molar-refractivity contribution in [3.8, 4) is 0 Å². The minimum absolute atomic E-state index is 0.0459. The maximum atomic E-state index is 12.1. The molecule has 1 aliphatic rings. The van der Waals surface area contributed by atoms with Gasteiger partial charge in [-0.25, -0.2) is 0 Å². The van der Waals surface area contributed by atoms with Crippen LogP contribution >= 0.6 is 27.5 Å². The Labute approximate surface area is 108 Å². The van der Waals surface area contributed by atoms with Gasteiger partial charge in [0.25, 0.3) is 5.91 Å². The Morgan fingerprint density at radius 1 is 1.50 bits per heavy atom. The molecule has 0 aliphatic heterocycles. The average Bonchev–Trinajstić information content (AvgIpc) is 2.15. The second-order valence-electron chi connectivity index (χ2n) is 4.46. The van der Waals surface area contributed by atoms with Crippen molar-refractivity contribution in [3.05, 3.63) is 33.3 Å². The molecule has 0 radical (unpaired) electrons. The monoisotopic (exact) mass is 301 g/mol. The van der Waals surface area contributed by atoms with Crippen LogP contribution in [0.15, 0.2) is 22.7 Å². The summed E-state index contributed by atoms with van der Waals surface area (Å²) in [4.78, 5) is 12.1. The molecule has 1 fully saturated rings. The fourth-order valence-corrected chi connectivity index (χ4v) is 2.80. The van der Waals surface area contributed by atoms with Crippen LogP contribution in [0.4, 0.5) is 0 Å². The molecule has 0 atom stereocenters. The Hall–Kier alpha value is -0.540. The second kappa shape index (κ2) is 4.38. The van der Waals surface area contributed by atoms with Gasteiger partial charge in [0.1, 0.15) is 0 Å². The standard InChI is InChI=1S/C12H13BrClNO/c1-12(6-3-7-12)15-11(16)10-8(13)4-2-5-9(10)14/h2,4-5H,3,6-7H2,1H3,(H,15,16). The maximum Gasteiger partial charge on any atom is 0.254 e. The first-order valence-electron chi connectivity index (χ1n) is 5.28. The Morgan fingerprint density at radius 3 is 2.69 bits per heavy atom. The smallest absolute Gasteiger partial charge is 0.254 e. The molecule has 0 unspecified atom stereocenters. The van der Waals surface area contributed by atoms with Crippen LogP contribution in [0.2, 0.25) is 5.02 Å². The molecule has 0 heterocycles. The van der Waals surface area contributed by atoms with Gasteiger partial charge in [0.2, 0.25) is 0 Å². The number of rotatable bonds is 2. The zero-order valence-corrected chi connectivity index (χ0v) is 11.4. The minimum Gasteiger partial charge on any atom is -0.347 e. The largest absolute Gasteiger partial charge is 0.347 e. The number of carbonyl (C=O) groups excluding carboxylic acids is 1. The first-order valence-corrected chi connectivity index (χ1v) is 6.45. The molecule has 86 valence electrons. The fourth-order valence-electron chi connectivity index (χ4n) is 1.88. The van der Waals surface area contributed by atoms with Crippen LogP contribution in [0, 0.1) is 0 Å². The van der Waals surface area contributed by atoms with Crippen molar-refractivity contribution >= 4 is 33.4 Å². The lowest BCUT2D eigenvalue weighted by atomic mass is 9.78. The van der Waals surface area contributed by atoms with E-state index in [0.717, 1.165) is 17.3 Å². The van der Waals surface area contributed by atoms with Crippen LogP contribution in [-0.4, -0.2) is 11.4 Å². The number of halogens is 2. The molecule has 2 rings (SSSR count). The van der Waals surface area contributed by atoms with Gasteiger partial charge in [-0.3, -0.25) is 4.79 Å². The summed E-state index contributed by atoms with van der Waals surface area (Å²) in [5.74, 6) is -0.0975. The Balaban J connectivity index is 2.20. The highest BCUT2D eigenvalue weighted by atomic mass is 79.9. The molecule has 1 amide bonds. The SMILES string of the molecule is CC1(NC(=O)c2c(Cl)cccc2Br)CCC1. The van der Waals surface area contributed by atoms with Gasteiger partial charge in [0.15, 0.2) is 0 Å². The van der Waals surface area contributed by atoms with Gasteiger partial charge >= 0.3 is 0 Å². The zero-order valence-electron chi connectivity index (χ0n) is 9.02. The molecular formula is C12H13BrClNO. The average molecular weight is 303 g/mol. The number of hydrogen-bond acceptors (Lipinski definition) is 1. The lowest BCUT2D eigenvalue weighted by Gasteiger charge is -2.39. The molecule has 4 heteroatoms.